The second kappa shape index (κ2) is 7.99. The summed E-state index contributed by atoms with van der Waals surface area (Å²) < 4.78 is 43.4. The fraction of sp³-hybridized carbons (Fsp3) is 0.182. The van der Waals surface area contributed by atoms with Gasteiger partial charge in [0.15, 0.2) is 0 Å². The van der Waals surface area contributed by atoms with Crippen LogP contribution in [0, 0.1) is 0 Å². The first-order valence-corrected chi connectivity index (χ1v) is 9.53. The molecule has 0 fully saturated rings. The molecule has 1 aromatic heterocycles. The number of halogens is 4. The second-order valence-corrected chi connectivity index (χ2v) is 7.24. The molecular formula is C22H16ClF3N2O2. The number of alkyl carbamates (subject to hydrolysis) is 1. The van der Waals surface area contributed by atoms with E-state index in [-0.39, 0.29) is 29.8 Å². The Balaban J connectivity index is 1.39. The summed E-state index contributed by atoms with van der Waals surface area (Å²) in [5, 5.41) is 2.30. The van der Waals surface area contributed by atoms with Crippen LogP contribution in [0.4, 0.5) is 18.0 Å². The lowest BCUT2D eigenvalue weighted by Crippen LogP contribution is -2.26. The first kappa shape index (κ1) is 20.2. The number of carbonyl (C=O) groups is 1. The lowest BCUT2D eigenvalue weighted by atomic mass is 9.98. The Morgan fingerprint density at radius 1 is 1.07 bits per heavy atom. The number of aromatic nitrogens is 1. The highest BCUT2D eigenvalue weighted by Gasteiger charge is 2.32. The number of alkyl halides is 3. The van der Waals surface area contributed by atoms with Gasteiger partial charge in [0.25, 0.3) is 0 Å². The molecule has 8 heteroatoms. The molecule has 1 heterocycles. The zero-order valence-electron chi connectivity index (χ0n) is 15.5. The van der Waals surface area contributed by atoms with Gasteiger partial charge in [-0.25, -0.2) is 4.79 Å². The lowest BCUT2D eigenvalue weighted by Gasteiger charge is -2.15. The van der Waals surface area contributed by atoms with Crippen molar-refractivity contribution in [2.45, 2.75) is 18.6 Å². The summed E-state index contributed by atoms with van der Waals surface area (Å²) >= 11 is 5.86. The summed E-state index contributed by atoms with van der Waals surface area (Å²) in [7, 11) is 0. The molecule has 4 nitrogen and oxygen atoms in total. The van der Waals surface area contributed by atoms with Crippen LogP contribution in [0.15, 0.2) is 60.8 Å². The number of fused-ring (bicyclic) bond motifs is 3. The van der Waals surface area contributed by atoms with Crippen LogP contribution < -0.4 is 5.32 Å². The Kier molecular flexibility index (Phi) is 5.39. The van der Waals surface area contributed by atoms with Crippen molar-refractivity contribution in [3.8, 4) is 11.1 Å². The first-order valence-electron chi connectivity index (χ1n) is 9.15. The maximum Gasteiger partial charge on any atom is 0.417 e. The molecule has 30 heavy (non-hydrogen) atoms. The normalized spacial score (nSPS) is 12.9. The zero-order chi connectivity index (χ0) is 21.3. The lowest BCUT2D eigenvalue weighted by molar-refractivity contribution is -0.137. The number of hydrogen-bond donors (Lipinski definition) is 1. The van der Waals surface area contributed by atoms with Crippen LogP contribution >= 0.6 is 11.6 Å². The molecule has 1 N–H and O–H groups in total. The van der Waals surface area contributed by atoms with Crippen molar-refractivity contribution in [2.75, 3.05) is 6.61 Å². The van der Waals surface area contributed by atoms with Gasteiger partial charge >= 0.3 is 12.3 Å². The maximum atomic E-state index is 12.7. The summed E-state index contributed by atoms with van der Waals surface area (Å²) in [5.74, 6) is -0.0871. The van der Waals surface area contributed by atoms with Crippen molar-refractivity contribution >= 4 is 17.7 Å². The van der Waals surface area contributed by atoms with Crippen molar-refractivity contribution < 1.29 is 22.7 Å². The molecule has 1 aliphatic rings. The third kappa shape index (κ3) is 3.98. The van der Waals surface area contributed by atoms with Gasteiger partial charge in [-0.3, -0.25) is 4.98 Å². The molecule has 0 atom stereocenters. The Morgan fingerprint density at radius 2 is 1.67 bits per heavy atom. The van der Waals surface area contributed by atoms with E-state index in [0.29, 0.717) is 6.20 Å². The van der Waals surface area contributed by atoms with Gasteiger partial charge in [0.1, 0.15) is 6.61 Å². The minimum absolute atomic E-state index is 0.0871. The van der Waals surface area contributed by atoms with Gasteiger partial charge in [-0.05, 0) is 28.3 Å². The minimum Gasteiger partial charge on any atom is -0.449 e. The van der Waals surface area contributed by atoms with E-state index in [1.165, 1.54) is 0 Å². The van der Waals surface area contributed by atoms with E-state index in [4.69, 9.17) is 16.3 Å². The molecule has 4 rings (SSSR count). The predicted molar refractivity (Wildman–Crippen MR) is 106 cm³/mol. The van der Waals surface area contributed by atoms with Crippen LogP contribution in [-0.2, 0) is 17.5 Å². The van der Waals surface area contributed by atoms with Crippen molar-refractivity contribution in [3.05, 3.63) is 88.2 Å². The number of benzene rings is 2. The summed E-state index contributed by atoms with van der Waals surface area (Å²) in [6.45, 7) is -0.0122. The van der Waals surface area contributed by atoms with Crippen LogP contribution in [0.5, 0.6) is 0 Å². The van der Waals surface area contributed by atoms with Crippen LogP contribution in [0.2, 0.25) is 5.02 Å². The Bertz CT molecular complexity index is 1060. The molecule has 1 amide bonds. The SMILES string of the molecule is O=C(NCc1ncc(C(F)(F)F)cc1Cl)OCC1c2ccccc2-c2ccccc21. The summed E-state index contributed by atoms with van der Waals surface area (Å²) in [6, 6.07) is 16.7. The Morgan fingerprint density at radius 3 is 2.23 bits per heavy atom. The van der Waals surface area contributed by atoms with Crippen molar-refractivity contribution in [1.82, 2.24) is 10.3 Å². The summed E-state index contributed by atoms with van der Waals surface area (Å²) in [4.78, 5) is 15.8. The summed E-state index contributed by atoms with van der Waals surface area (Å²) in [6.07, 6.45) is -4.55. The number of pyridine rings is 1. The van der Waals surface area contributed by atoms with E-state index >= 15 is 0 Å². The average molecular weight is 433 g/mol. The highest BCUT2D eigenvalue weighted by molar-refractivity contribution is 6.31. The predicted octanol–water partition coefficient (Wildman–Crippen LogP) is 5.79. The third-order valence-corrected chi connectivity index (χ3v) is 5.32. The number of hydrogen-bond acceptors (Lipinski definition) is 3. The number of ether oxygens (including phenoxy) is 1. The van der Waals surface area contributed by atoms with E-state index in [2.05, 4.69) is 10.3 Å². The van der Waals surface area contributed by atoms with Gasteiger partial charge < -0.3 is 10.1 Å². The monoisotopic (exact) mass is 432 g/mol. The largest absolute Gasteiger partial charge is 0.449 e. The number of amides is 1. The molecule has 0 saturated heterocycles. The minimum atomic E-state index is -4.53. The van der Waals surface area contributed by atoms with Crippen molar-refractivity contribution in [1.29, 1.82) is 0 Å². The summed E-state index contributed by atoms with van der Waals surface area (Å²) in [5.41, 5.74) is 3.57. The first-order chi connectivity index (χ1) is 14.3. The smallest absolute Gasteiger partial charge is 0.417 e. The van der Waals surface area contributed by atoms with Crippen LogP contribution in [0.3, 0.4) is 0 Å². The van der Waals surface area contributed by atoms with E-state index in [1.807, 2.05) is 48.5 Å². The van der Waals surface area contributed by atoms with Gasteiger partial charge in [-0.1, -0.05) is 60.1 Å². The topological polar surface area (TPSA) is 51.2 Å². The molecule has 0 radical (unpaired) electrons. The van der Waals surface area contributed by atoms with E-state index in [0.717, 1.165) is 28.3 Å². The van der Waals surface area contributed by atoms with Crippen LogP contribution in [0.25, 0.3) is 11.1 Å². The van der Waals surface area contributed by atoms with Crippen molar-refractivity contribution in [3.63, 3.8) is 0 Å². The second-order valence-electron chi connectivity index (χ2n) is 6.83. The van der Waals surface area contributed by atoms with E-state index < -0.39 is 17.8 Å². The van der Waals surface area contributed by atoms with Crippen LogP contribution in [-0.4, -0.2) is 17.7 Å². The fourth-order valence-electron chi connectivity index (χ4n) is 3.56. The van der Waals surface area contributed by atoms with Crippen molar-refractivity contribution in [2.24, 2.45) is 0 Å². The number of rotatable bonds is 4. The maximum absolute atomic E-state index is 12.7. The highest BCUT2D eigenvalue weighted by Crippen LogP contribution is 2.44. The van der Waals surface area contributed by atoms with Gasteiger partial charge in [0.2, 0.25) is 0 Å². The molecule has 0 aliphatic heterocycles. The Labute approximate surface area is 175 Å². The number of nitrogens with one attached hydrogen (secondary N) is 1. The average Bonchev–Trinajstić information content (AvgIpc) is 3.04. The molecule has 154 valence electrons. The standard InChI is InChI=1S/C22H16ClF3N2O2/c23-19-9-13(22(24,25)26)10-27-20(19)11-28-21(29)30-12-18-16-7-3-1-5-14(16)15-6-2-4-8-17(15)18/h1-10,18H,11-12H2,(H,28,29). The van der Waals surface area contributed by atoms with Crippen LogP contribution in [0.1, 0.15) is 28.3 Å². The molecular weight excluding hydrogens is 417 g/mol. The third-order valence-electron chi connectivity index (χ3n) is 4.99. The molecule has 0 bridgehead atoms. The number of nitrogens with zero attached hydrogens (tertiary/aromatic N) is 1. The Hall–Kier alpha value is -3.06. The highest BCUT2D eigenvalue weighted by atomic mass is 35.5. The van der Waals surface area contributed by atoms with Gasteiger partial charge in [-0.2, -0.15) is 13.2 Å². The quantitative estimate of drug-likeness (QED) is 0.567. The molecule has 1 aliphatic carbocycles. The van der Waals surface area contributed by atoms with E-state index in [9.17, 15) is 18.0 Å². The molecule has 2 aromatic carbocycles. The fourth-order valence-corrected chi connectivity index (χ4v) is 3.79. The van der Waals surface area contributed by atoms with Gasteiger partial charge in [0.05, 0.1) is 22.8 Å². The number of carbonyl (C=O) groups excluding carboxylic acids is 1. The van der Waals surface area contributed by atoms with Gasteiger partial charge in [0, 0.05) is 12.1 Å². The molecule has 0 saturated carbocycles. The molecule has 3 aromatic rings. The molecule has 0 unspecified atom stereocenters. The zero-order valence-corrected chi connectivity index (χ0v) is 16.3. The van der Waals surface area contributed by atoms with E-state index in [1.54, 1.807) is 0 Å². The molecule has 0 spiro atoms. The van der Waals surface area contributed by atoms with Gasteiger partial charge in [-0.15, -0.1) is 0 Å².